The number of carbonyl (C=O) groups excluding carboxylic acids is 1. The van der Waals surface area contributed by atoms with Crippen molar-refractivity contribution in [3.8, 4) is 5.75 Å². The molecule has 0 aliphatic carbocycles. The van der Waals surface area contributed by atoms with Gasteiger partial charge >= 0.3 is 0 Å². The van der Waals surface area contributed by atoms with E-state index in [0.717, 1.165) is 11.3 Å². The highest BCUT2D eigenvalue weighted by Gasteiger charge is 1.99. The van der Waals surface area contributed by atoms with Crippen LogP contribution in [0.1, 0.15) is 5.56 Å². The standard InChI is InChI=1S/C15H15FN2O2/c16-12-2-1-3-13(8-12)18-9-11-4-6-14(7-5-11)20-10-15(17)19/h1-8,18H,9-10H2,(H2,17,19). The molecule has 0 saturated carbocycles. The molecule has 2 rings (SSSR count). The van der Waals surface area contributed by atoms with Crippen LogP contribution >= 0.6 is 0 Å². The molecule has 0 unspecified atom stereocenters. The van der Waals surface area contributed by atoms with Gasteiger partial charge in [0.25, 0.3) is 5.91 Å². The van der Waals surface area contributed by atoms with Crippen LogP contribution in [-0.4, -0.2) is 12.5 Å². The molecule has 0 radical (unpaired) electrons. The molecule has 0 saturated heterocycles. The number of rotatable bonds is 6. The molecule has 0 heterocycles. The highest BCUT2D eigenvalue weighted by atomic mass is 19.1. The highest BCUT2D eigenvalue weighted by Crippen LogP contribution is 2.14. The molecule has 20 heavy (non-hydrogen) atoms. The van der Waals surface area contributed by atoms with E-state index in [0.29, 0.717) is 12.3 Å². The summed E-state index contributed by atoms with van der Waals surface area (Å²) in [6, 6.07) is 13.5. The molecule has 3 N–H and O–H groups in total. The first-order valence-electron chi connectivity index (χ1n) is 6.13. The smallest absolute Gasteiger partial charge is 0.255 e. The maximum atomic E-state index is 13.0. The monoisotopic (exact) mass is 274 g/mol. The zero-order chi connectivity index (χ0) is 14.4. The van der Waals surface area contributed by atoms with Crippen LogP contribution in [0.2, 0.25) is 0 Å². The molecule has 0 bridgehead atoms. The number of benzene rings is 2. The average molecular weight is 274 g/mol. The molecule has 4 nitrogen and oxygen atoms in total. The van der Waals surface area contributed by atoms with Crippen LogP contribution in [0.3, 0.4) is 0 Å². The van der Waals surface area contributed by atoms with Crippen molar-refractivity contribution < 1.29 is 13.9 Å². The normalized spacial score (nSPS) is 10.1. The van der Waals surface area contributed by atoms with Crippen LogP contribution in [0.25, 0.3) is 0 Å². The van der Waals surface area contributed by atoms with Gasteiger partial charge in [0.1, 0.15) is 11.6 Å². The van der Waals surface area contributed by atoms with E-state index in [1.807, 2.05) is 12.1 Å². The molecule has 0 aliphatic heterocycles. The Labute approximate surface area is 116 Å². The summed E-state index contributed by atoms with van der Waals surface area (Å²) in [6.45, 7) is 0.431. The highest BCUT2D eigenvalue weighted by molar-refractivity contribution is 5.75. The SMILES string of the molecule is NC(=O)COc1ccc(CNc2cccc(F)c2)cc1. The molecular weight excluding hydrogens is 259 g/mol. The van der Waals surface area contributed by atoms with E-state index < -0.39 is 5.91 Å². The lowest BCUT2D eigenvalue weighted by atomic mass is 10.2. The van der Waals surface area contributed by atoms with Gasteiger partial charge < -0.3 is 15.8 Å². The maximum absolute atomic E-state index is 13.0. The van der Waals surface area contributed by atoms with Crippen molar-refractivity contribution in [2.24, 2.45) is 5.73 Å². The van der Waals surface area contributed by atoms with Gasteiger partial charge in [0, 0.05) is 12.2 Å². The lowest BCUT2D eigenvalue weighted by molar-refractivity contribution is -0.119. The Bertz CT molecular complexity index is 585. The zero-order valence-electron chi connectivity index (χ0n) is 10.8. The van der Waals surface area contributed by atoms with E-state index in [1.165, 1.54) is 12.1 Å². The fourth-order valence-corrected chi connectivity index (χ4v) is 1.66. The van der Waals surface area contributed by atoms with Crippen LogP contribution in [0.5, 0.6) is 5.75 Å². The molecule has 0 fully saturated rings. The largest absolute Gasteiger partial charge is 0.484 e. The van der Waals surface area contributed by atoms with Crippen molar-refractivity contribution >= 4 is 11.6 Å². The maximum Gasteiger partial charge on any atom is 0.255 e. The number of primary amides is 1. The third-order valence-electron chi connectivity index (χ3n) is 2.63. The van der Waals surface area contributed by atoms with Gasteiger partial charge in [0.15, 0.2) is 6.61 Å². The quantitative estimate of drug-likeness (QED) is 0.849. The minimum atomic E-state index is -0.512. The summed E-state index contributed by atoms with van der Waals surface area (Å²) in [5, 5.41) is 3.12. The third-order valence-corrected chi connectivity index (χ3v) is 2.63. The molecule has 5 heteroatoms. The van der Waals surface area contributed by atoms with E-state index in [1.54, 1.807) is 24.3 Å². The van der Waals surface area contributed by atoms with Gasteiger partial charge in [-0.2, -0.15) is 0 Å². The molecule has 0 aromatic heterocycles. The number of hydrogen-bond donors (Lipinski definition) is 2. The summed E-state index contributed by atoms with van der Waals surface area (Å²) in [7, 11) is 0. The van der Waals surface area contributed by atoms with E-state index in [2.05, 4.69) is 5.32 Å². The second kappa shape index (κ2) is 6.56. The van der Waals surface area contributed by atoms with Crippen molar-refractivity contribution in [3.05, 3.63) is 59.9 Å². The summed E-state index contributed by atoms with van der Waals surface area (Å²) >= 11 is 0. The summed E-state index contributed by atoms with van der Waals surface area (Å²) in [4.78, 5) is 10.6. The fourth-order valence-electron chi connectivity index (χ4n) is 1.66. The molecule has 1 amide bonds. The lowest BCUT2D eigenvalue weighted by Crippen LogP contribution is -2.19. The van der Waals surface area contributed by atoms with Crippen molar-refractivity contribution in [2.45, 2.75) is 6.54 Å². The summed E-state index contributed by atoms with van der Waals surface area (Å²) in [5.74, 6) is -0.203. The van der Waals surface area contributed by atoms with E-state index in [4.69, 9.17) is 10.5 Å². The minimum absolute atomic E-state index is 0.138. The van der Waals surface area contributed by atoms with E-state index in [-0.39, 0.29) is 12.4 Å². The van der Waals surface area contributed by atoms with Crippen molar-refractivity contribution in [3.63, 3.8) is 0 Å². The van der Waals surface area contributed by atoms with Gasteiger partial charge in [-0.25, -0.2) is 4.39 Å². The van der Waals surface area contributed by atoms with Crippen molar-refractivity contribution in [1.82, 2.24) is 0 Å². The first-order chi connectivity index (χ1) is 9.63. The number of halogens is 1. The van der Waals surface area contributed by atoms with Crippen LogP contribution < -0.4 is 15.8 Å². The second-order valence-corrected chi connectivity index (χ2v) is 4.26. The molecule has 2 aromatic rings. The van der Waals surface area contributed by atoms with Crippen LogP contribution in [0.4, 0.5) is 10.1 Å². The van der Waals surface area contributed by atoms with Gasteiger partial charge in [0.05, 0.1) is 0 Å². The molecular formula is C15H15FN2O2. The Morgan fingerprint density at radius 1 is 1.20 bits per heavy atom. The molecule has 0 spiro atoms. The van der Waals surface area contributed by atoms with Crippen LogP contribution in [0.15, 0.2) is 48.5 Å². The summed E-state index contributed by atoms with van der Waals surface area (Å²) in [6.07, 6.45) is 0. The Hall–Kier alpha value is -2.56. The number of nitrogens with two attached hydrogens (primary N) is 1. The van der Waals surface area contributed by atoms with Crippen molar-refractivity contribution in [1.29, 1.82) is 0 Å². The third kappa shape index (κ3) is 4.28. The molecule has 0 atom stereocenters. The van der Waals surface area contributed by atoms with Gasteiger partial charge in [-0.3, -0.25) is 4.79 Å². The van der Waals surface area contributed by atoms with E-state index in [9.17, 15) is 9.18 Å². The number of hydrogen-bond acceptors (Lipinski definition) is 3. The van der Waals surface area contributed by atoms with Crippen molar-refractivity contribution in [2.75, 3.05) is 11.9 Å². The number of ether oxygens (including phenoxy) is 1. The van der Waals surface area contributed by atoms with Crippen LogP contribution in [-0.2, 0) is 11.3 Å². The average Bonchev–Trinajstić information content (AvgIpc) is 2.44. The molecule has 0 aliphatic rings. The fraction of sp³-hybridized carbons (Fsp3) is 0.133. The number of anilines is 1. The predicted molar refractivity (Wildman–Crippen MR) is 74.9 cm³/mol. The molecule has 2 aromatic carbocycles. The Morgan fingerprint density at radius 3 is 2.60 bits per heavy atom. The predicted octanol–water partition coefficient (Wildman–Crippen LogP) is 2.30. The Balaban J connectivity index is 1.89. The molecule has 104 valence electrons. The number of carbonyl (C=O) groups is 1. The first-order valence-corrected chi connectivity index (χ1v) is 6.13. The number of nitrogens with one attached hydrogen (secondary N) is 1. The Kier molecular flexibility index (Phi) is 4.55. The van der Waals surface area contributed by atoms with Gasteiger partial charge in [-0.15, -0.1) is 0 Å². The Morgan fingerprint density at radius 2 is 1.95 bits per heavy atom. The zero-order valence-corrected chi connectivity index (χ0v) is 10.8. The first kappa shape index (κ1) is 13.9. The lowest BCUT2D eigenvalue weighted by Gasteiger charge is -2.08. The van der Waals surface area contributed by atoms with Crippen LogP contribution in [0, 0.1) is 5.82 Å². The van der Waals surface area contributed by atoms with Gasteiger partial charge in [0.2, 0.25) is 0 Å². The number of amides is 1. The summed E-state index contributed by atoms with van der Waals surface area (Å²) < 4.78 is 18.2. The van der Waals surface area contributed by atoms with Gasteiger partial charge in [-0.1, -0.05) is 18.2 Å². The second-order valence-electron chi connectivity index (χ2n) is 4.26. The van der Waals surface area contributed by atoms with Gasteiger partial charge in [-0.05, 0) is 35.9 Å². The minimum Gasteiger partial charge on any atom is -0.484 e. The van der Waals surface area contributed by atoms with E-state index >= 15 is 0 Å². The topological polar surface area (TPSA) is 64.4 Å². The summed E-state index contributed by atoms with van der Waals surface area (Å²) in [5.41, 5.74) is 6.73.